The Morgan fingerprint density at radius 3 is 2.81 bits per heavy atom. The fraction of sp³-hybridized carbons (Fsp3) is 0.250. The molecule has 32 heavy (non-hydrogen) atoms. The number of carbonyl (C=O) groups excluding carboxylic acids is 2. The molecule has 2 heterocycles. The lowest BCUT2D eigenvalue weighted by molar-refractivity contribution is -0.144. The van der Waals surface area contributed by atoms with Crippen LogP contribution in [0.15, 0.2) is 48.7 Å². The number of hydrogen-bond acceptors (Lipinski definition) is 6. The van der Waals surface area contributed by atoms with Crippen molar-refractivity contribution in [2.24, 2.45) is 0 Å². The molecule has 0 unspecified atom stereocenters. The van der Waals surface area contributed by atoms with Gasteiger partial charge in [-0.15, -0.1) is 0 Å². The van der Waals surface area contributed by atoms with E-state index in [2.05, 4.69) is 10.3 Å². The molecule has 1 atom stereocenters. The van der Waals surface area contributed by atoms with Crippen LogP contribution >= 0.6 is 0 Å². The van der Waals surface area contributed by atoms with E-state index in [0.29, 0.717) is 42.4 Å². The standard InChI is InChI=1S/C24H24N2O6/c1-29-20-11-15(12-21-23(20)32-10-9-31-21)7-8-22(27)26-19(24(28)30-2)13-16-14-25-18-6-4-3-5-17(16)18/h3-8,11-12,14,19,25H,9-10,13H2,1-2H3,(H,26,27)/b8-7+/t19-/m1/s1. The average molecular weight is 436 g/mol. The quantitative estimate of drug-likeness (QED) is 0.437. The number of esters is 1. The highest BCUT2D eigenvalue weighted by atomic mass is 16.6. The molecule has 8 heteroatoms. The predicted octanol–water partition coefficient (Wildman–Crippen LogP) is 2.86. The normalized spacial score (nSPS) is 13.7. The second-order valence-electron chi connectivity index (χ2n) is 7.23. The Morgan fingerprint density at radius 1 is 1.19 bits per heavy atom. The number of aromatic amines is 1. The molecule has 0 bridgehead atoms. The third kappa shape index (κ3) is 4.54. The van der Waals surface area contributed by atoms with Gasteiger partial charge in [0.05, 0.1) is 14.2 Å². The SMILES string of the molecule is COC(=O)[C@@H](Cc1c[nH]c2ccccc12)NC(=O)/C=C/c1cc(OC)c2c(c1)OCCO2. The molecule has 3 aromatic rings. The molecule has 0 fully saturated rings. The monoisotopic (exact) mass is 436 g/mol. The third-order valence-electron chi connectivity index (χ3n) is 5.18. The third-order valence-corrected chi connectivity index (χ3v) is 5.18. The summed E-state index contributed by atoms with van der Waals surface area (Å²) >= 11 is 0. The number of ether oxygens (including phenoxy) is 4. The summed E-state index contributed by atoms with van der Waals surface area (Å²) in [5.74, 6) is 0.688. The smallest absolute Gasteiger partial charge is 0.328 e. The first kappa shape index (κ1) is 21.3. The zero-order chi connectivity index (χ0) is 22.5. The molecule has 8 nitrogen and oxygen atoms in total. The van der Waals surface area contributed by atoms with Crippen LogP contribution in [0.25, 0.3) is 17.0 Å². The number of fused-ring (bicyclic) bond motifs is 2. The minimum atomic E-state index is -0.828. The van der Waals surface area contributed by atoms with Gasteiger partial charge >= 0.3 is 5.97 Å². The van der Waals surface area contributed by atoms with Gasteiger partial charge in [-0.1, -0.05) is 18.2 Å². The van der Waals surface area contributed by atoms with Crippen molar-refractivity contribution in [1.29, 1.82) is 0 Å². The van der Waals surface area contributed by atoms with Gasteiger partial charge in [-0.25, -0.2) is 4.79 Å². The molecular formula is C24H24N2O6. The van der Waals surface area contributed by atoms with Crippen molar-refractivity contribution < 1.29 is 28.5 Å². The molecule has 1 amide bonds. The maximum atomic E-state index is 12.6. The molecule has 1 aliphatic heterocycles. The molecule has 4 rings (SSSR count). The minimum Gasteiger partial charge on any atom is -0.493 e. The van der Waals surface area contributed by atoms with Gasteiger partial charge in [-0.2, -0.15) is 0 Å². The molecule has 166 valence electrons. The summed E-state index contributed by atoms with van der Waals surface area (Å²) in [6.07, 6.45) is 5.12. The van der Waals surface area contributed by atoms with Gasteiger partial charge in [0.25, 0.3) is 0 Å². The van der Waals surface area contributed by atoms with E-state index in [-0.39, 0.29) is 0 Å². The van der Waals surface area contributed by atoms with Gasteiger partial charge in [0.2, 0.25) is 11.7 Å². The maximum absolute atomic E-state index is 12.6. The van der Waals surface area contributed by atoms with Crippen molar-refractivity contribution in [3.8, 4) is 17.2 Å². The summed E-state index contributed by atoms with van der Waals surface area (Å²) in [5, 5.41) is 3.73. The zero-order valence-corrected chi connectivity index (χ0v) is 17.8. The van der Waals surface area contributed by atoms with Gasteiger partial charge < -0.3 is 29.2 Å². The summed E-state index contributed by atoms with van der Waals surface area (Å²) in [6.45, 7) is 0.894. The lowest BCUT2D eigenvalue weighted by Crippen LogP contribution is -2.42. The van der Waals surface area contributed by atoms with Crippen LogP contribution < -0.4 is 19.5 Å². The summed E-state index contributed by atoms with van der Waals surface area (Å²) in [6, 6.07) is 10.5. The number of hydrogen-bond donors (Lipinski definition) is 2. The first-order chi connectivity index (χ1) is 15.6. The number of methoxy groups -OCH3 is 2. The largest absolute Gasteiger partial charge is 0.493 e. The fourth-order valence-corrected chi connectivity index (χ4v) is 3.64. The number of aromatic nitrogens is 1. The number of carbonyl (C=O) groups is 2. The van der Waals surface area contributed by atoms with Crippen LogP contribution in [0.2, 0.25) is 0 Å². The number of H-pyrrole nitrogens is 1. The first-order valence-corrected chi connectivity index (χ1v) is 10.2. The van der Waals surface area contributed by atoms with Crippen LogP contribution in [0.1, 0.15) is 11.1 Å². The van der Waals surface area contributed by atoms with Crippen LogP contribution in [0.3, 0.4) is 0 Å². The highest BCUT2D eigenvalue weighted by Crippen LogP contribution is 2.40. The second kappa shape index (κ2) is 9.47. The van der Waals surface area contributed by atoms with Gasteiger partial charge in [-0.05, 0) is 35.4 Å². The second-order valence-corrected chi connectivity index (χ2v) is 7.23. The predicted molar refractivity (Wildman–Crippen MR) is 119 cm³/mol. The molecule has 0 spiro atoms. The van der Waals surface area contributed by atoms with Crippen LogP contribution in [-0.4, -0.2) is 50.3 Å². The highest BCUT2D eigenvalue weighted by molar-refractivity contribution is 5.95. The lowest BCUT2D eigenvalue weighted by atomic mass is 10.0. The molecule has 0 aliphatic carbocycles. The lowest BCUT2D eigenvalue weighted by Gasteiger charge is -2.21. The van der Waals surface area contributed by atoms with E-state index in [1.165, 1.54) is 13.2 Å². The zero-order valence-electron chi connectivity index (χ0n) is 17.8. The van der Waals surface area contributed by atoms with Crippen molar-refractivity contribution in [2.45, 2.75) is 12.5 Å². The van der Waals surface area contributed by atoms with Crippen molar-refractivity contribution in [3.05, 3.63) is 59.8 Å². The summed E-state index contributed by atoms with van der Waals surface area (Å²) in [5.41, 5.74) is 2.58. The molecule has 2 aromatic carbocycles. The van der Waals surface area contributed by atoms with Gasteiger partial charge in [0.1, 0.15) is 19.3 Å². The van der Waals surface area contributed by atoms with E-state index in [1.807, 2.05) is 30.5 Å². The fourth-order valence-electron chi connectivity index (χ4n) is 3.64. The van der Waals surface area contributed by atoms with E-state index >= 15 is 0 Å². The topological polar surface area (TPSA) is 98.9 Å². The number of amides is 1. The van der Waals surface area contributed by atoms with E-state index in [0.717, 1.165) is 16.5 Å². The Bertz CT molecular complexity index is 1150. The molecule has 0 radical (unpaired) electrons. The molecule has 1 aromatic heterocycles. The van der Waals surface area contributed by atoms with Crippen LogP contribution in [0.5, 0.6) is 17.2 Å². The van der Waals surface area contributed by atoms with E-state index in [4.69, 9.17) is 18.9 Å². The van der Waals surface area contributed by atoms with Gasteiger partial charge in [0.15, 0.2) is 11.5 Å². The van der Waals surface area contributed by atoms with Crippen LogP contribution in [0, 0.1) is 0 Å². The van der Waals surface area contributed by atoms with E-state index in [1.54, 1.807) is 25.3 Å². The molecule has 2 N–H and O–H groups in total. The average Bonchev–Trinajstić information content (AvgIpc) is 3.24. The van der Waals surface area contributed by atoms with Gasteiger partial charge in [0, 0.05) is 29.6 Å². The van der Waals surface area contributed by atoms with Crippen molar-refractivity contribution in [1.82, 2.24) is 10.3 Å². The van der Waals surface area contributed by atoms with Crippen molar-refractivity contribution in [3.63, 3.8) is 0 Å². The molecule has 0 saturated carbocycles. The van der Waals surface area contributed by atoms with Gasteiger partial charge in [-0.3, -0.25) is 4.79 Å². The summed E-state index contributed by atoms with van der Waals surface area (Å²) in [7, 11) is 2.84. The van der Waals surface area contributed by atoms with E-state index < -0.39 is 17.9 Å². The van der Waals surface area contributed by atoms with Crippen LogP contribution in [-0.2, 0) is 20.7 Å². The number of benzene rings is 2. The molecule has 1 aliphatic rings. The molecular weight excluding hydrogens is 412 g/mol. The first-order valence-electron chi connectivity index (χ1n) is 10.2. The Hall–Kier alpha value is -3.94. The Labute approximate surface area is 185 Å². The minimum absolute atomic E-state index is 0.300. The number of para-hydroxylation sites is 1. The van der Waals surface area contributed by atoms with Crippen LogP contribution in [0.4, 0.5) is 0 Å². The Kier molecular flexibility index (Phi) is 6.30. The summed E-state index contributed by atoms with van der Waals surface area (Å²) < 4.78 is 21.5. The highest BCUT2D eigenvalue weighted by Gasteiger charge is 2.23. The number of rotatable bonds is 7. The molecule has 0 saturated heterocycles. The van der Waals surface area contributed by atoms with Crippen molar-refractivity contribution >= 4 is 28.9 Å². The van der Waals surface area contributed by atoms with E-state index in [9.17, 15) is 9.59 Å². The summed E-state index contributed by atoms with van der Waals surface area (Å²) in [4.78, 5) is 28.1. The maximum Gasteiger partial charge on any atom is 0.328 e. The van der Waals surface area contributed by atoms with Crippen molar-refractivity contribution in [2.75, 3.05) is 27.4 Å². The number of nitrogens with one attached hydrogen (secondary N) is 2. The Morgan fingerprint density at radius 2 is 2.00 bits per heavy atom. The Balaban J connectivity index is 1.49.